The third-order valence-electron chi connectivity index (χ3n) is 2.32. The van der Waals surface area contributed by atoms with E-state index in [-0.39, 0.29) is 44.3 Å². The van der Waals surface area contributed by atoms with Crippen LogP contribution in [0.3, 0.4) is 0 Å². The summed E-state index contributed by atoms with van der Waals surface area (Å²) >= 11 is 0. The molecule has 0 spiro atoms. The van der Waals surface area contributed by atoms with E-state index in [2.05, 4.69) is 13.8 Å². The summed E-state index contributed by atoms with van der Waals surface area (Å²) in [4.78, 5) is 24.4. The van der Waals surface area contributed by atoms with Crippen molar-refractivity contribution in [3.8, 4) is 0 Å². The molecule has 0 unspecified atom stereocenters. The van der Waals surface area contributed by atoms with Crippen molar-refractivity contribution in [1.29, 1.82) is 0 Å². The molecule has 0 aromatic rings. The van der Waals surface area contributed by atoms with Crippen molar-refractivity contribution < 1.29 is 35.8 Å². The summed E-state index contributed by atoms with van der Waals surface area (Å²) in [6, 6.07) is 0. The molecule has 92 valence electrons. The van der Waals surface area contributed by atoms with Gasteiger partial charge in [0.15, 0.2) is 0 Å². The van der Waals surface area contributed by atoms with Gasteiger partial charge in [0, 0.05) is 39.3 Å². The van der Waals surface area contributed by atoms with Gasteiger partial charge < -0.3 is 4.90 Å². The molecule has 0 bridgehead atoms. The molecular formula is C12H23NO2Zr. The van der Waals surface area contributed by atoms with E-state index >= 15 is 0 Å². The average Bonchev–Trinajstić information content (AvgIpc) is 2.17. The van der Waals surface area contributed by atoms with E-state index in [1.54, 1.807) is 0 Å². The number of carbonyl (C=O) groups excluding carboxylic acids is 2. The molecule has 3 nitrogen and oxygen atoms in total. The van der Waals surface area contributed by atoms with Gasteiger partial charge in [0.05, 0.1) is 6.42 Å². The van der Waals surface area contributed by atoms with Crippen LogP contribution >= 0.6 is 0 Å². The molecule has 0 aromatic heterocycles. The van der Waals surface area contributed by atoms with Gasteiger partial charge in [-0.1, -0.05) is 26.7 Å². The first kappa shape index (κ1) is 18.4. The van der Waals surface area contributed by atoms with Crippen LogP contribution in [0, 0.1) is 0 Å². The fourth-order valence-electron chi connectivity index (χ4n) is 1.38. The third kappa shape index (κ3) is 9.26. The number of amides is 1. The molecule has 0 saturated heterocycles. The molecule has 0 aromatic carbocycles. The molecule has 0 aliphatic carbocycles. The smallest absolute Gasteiger partial charge is 0.230 e. The predicted octanol–water partition coefficient (Wildman–Crippen LogP) is 2.39. The van der Waals surface area contributed by atoms with Crippen LogP contribution in [0.4, 0.5) is 0 Å². The predicted molar refractivity (Wildman–Crippen MR) is 61.7 cm³/mol. The summed E-state index contributed by atoms with van der Waals surface area (Å²) in [6.45, 7) is 7.27. The Morgan fingerprint density at radius 1 is 1.00 bits per heavy atom. The first-order chi connectivity index (χ1) is 7.11. The average molecular weight is 305 g/mol. The summed E-state index contributed by atoms with van der Waals surface area (Å²) < 4.78 is 0. The van der Waals surface area contributed by atoms with Gasteiger partial charge in [-0.3, -0.25) is 9.59 Å². The fraction of sp³-hybridized carbons (Fsp3) is 0.833. The molecule has 0 heterocycles. The topological polar surface area (TPSA) is 37.4 Å². The van der Waals surface area contributed by atoms with Crippen LogP contribution in [-0.2, 0) is 35.8 Å². The Labute approximate surface area is 118 Å². The largest absolute Gasteiger partial charge is 0.342 e. The van der Waals surface area contributed by atoms with Crippen molar-refractivity contribution in [3.05, 3.63) is 0 Å². The van der Waals surface area contributed by atoms with Crippen molar-refractivity contribution in [3.63, 3.8) is 0 Å². The van der Waals surface area contributed by atoms with Gasteiger partial charge in [0.2, 0.25) is 5.91 Å². The number of nitrogens with zero attached hydrogens (tertiary/aromatic N) is 1. The normalized spacial score (nSPS) is 9.44. The zero-order valence-electron chi connectivity index (χ0n) is 10.7. The van der Waals surface area contributed by atoms with E-state index in [9.17, 15) is 9.59 Å². The Kier molecular flexibility index (Phi) is 13.2. The minimum Gasteiger partial charge on any atom is -0.342 e. The van der Waals surface area contributed by atoms with Crippen molar-refractivity contribution in [2.24, 2.45) is 0 Å². The Morgan fingerprint density at radius 3 is 1.75 bits per heavy atom. The molecular weight excluding hydrogens is 281 g/mol. The number of carbonyl (C=O) groups is 2. The molecule has 0 aliphatic heterocycles. The summed E-state index contributed by atoms with van der Waals surface area (Å²) in [5, 5.41) is 0. The van der Waals surface area contributed by atoms with Crippen LogP contribution in [0.15, 0.2) is 0 Å². The van der Waals surface area contributed by atoms with E-state index in [1.165, 1.54) is 6.92 Å². The van der Waals surface area contributed by atoms with Crippen LogP contribution in [-0.4, -0.2) is 29.7 Å². The number of Topliss-reactive ketones (excluding diaryl/α,β-unsaturated/α-hetero) is 1. The van der Waals surface area contributed by atoms with E-state index in [0.29, 0.717) is 0 Å². The van der Waals surface area contributed by atoms with Crippen LogP contribution < -0.4 is 0 Å². The quantitative estimate of drug-likeness (QED) is 0.646. The maximum atomic E-state index is 11.7. The third-order valence-corrected chi connectivity index (χ3v) is 2.32. The van der Waals surface area contributed by atoms with Crippen LogP contribution in [0.5, 0.6) is 0 Å². The second-order valence-corrected chi connectivity index (χ2v) is 3.97. The van der Waals surface area contributed by atoms with Gasteiger partial charge in [0.1, 0.15) is 5.78 Å². The molecule has 0 N–H and O–H groups in total. The van der Waals surface area contributed by atoms with Gasteiger partial charge in [-0.2, -0.15) is 0 Å². The van der Waals surface area contributed by atoms with Crippen LogP contribution in [0.1, 0.15) is 52.9 Å². The Balaban J connectivity index is 0. The summed E-state index contributed by atoms with van der Waals surface area (Å²) in [7, 11) is 0. The first-order valence-corrected chi connectivity index (χ1v) is 5.89. The fourth-order valence-corrected chi connectivity index (χ4v) is 1.38. The maximum absolute atomic E-state index is 11.7. The van der Waals surface area contributed by atoms with Crippen molar-refractivity contribution in [1.82, 2.24) is 4.90 Å². The zero-order chi connectivity index (χ0) is 11.7. The van der Waals surface area contributed by atoms with Crippen LogP contribution in [0.2, 0.25) is 0 Å². The van der Waals surface area contributed by atoms with Gasteiger partial charge in [-0.05, 0) is 19.8 Å². The van der Waals surface area contributed by atoms with Crippen molar-refractivity contribution >= 4 is 11.7 Å². The minimum absolute atomic E-state index is 0. The molecule has 0 rings (SSSR count). The Bertz CT molecular complexity index is 199. The van der Waals surface area contributed by atoms with E-state index in [0.717, 1.165) is 38.8 Å². The summed E-state index contributed by atoms with van der Waals surface area (Å²) in [6.07, 6.45) is 4.26. The zero-order valence-corrected chi connectivity index (χ0v) is 13.2. The number of hydrogen-bond donors (Lipinski definition) is 0. The number of unbranched alkanes of at least 4 members (excludes halogenated alkanes) is 2. The van der Waals surface area contributed by atoms with E-state index < -0.39 is 0 Å². The minimum atomic E-state index is -0.0435. The van der Waals surface area contributed by atoms with E-state index in [1.807, 2.05) is 4.90 Å². The van der Waals surface area contributed by atoms with E-state index in [4.69, 9.17) is 0 Å². The maximum Gasteiger partial charge on any atom is 0.230 e. The molecule has 0 aliphatic rings. The van der Waals surface area contributed by atoms with Gasteiger partial charge >= 0.3 is 0 Å². The van der Waals surface area contributed by atoms with Gasteiger partial charge in [-0.25, -0.2) is 0 Å². The van der Waals surface area contributed by atoms with Gasteiger partial charge in [-0.15, -0.1) is 0 Å². The molecule has 16 heavy (non-hydrogen) atoms. The Hall–Kier alpha value is 0.0231. The Morgan fingerprint density at radius 2 is 1.44 bits per heavy atom. The van der Waals surface area contributed by atoms with Crippen molar-refractivity contribution in [2.45, 2.75) is 52.9 Å². The molecule has 0 radical (unpaired) electrons. The SMILES string of the molecule is CCCCN(CCCC)C(=O)CC(C)=O.[Zr]. The standard InChI is InChI=1S/C12H23NO2.Zr/c1-4-6-8-13(9-7-5-2)12(15)10-11(3)14;/h4-10H2,1-3H3;. The second-order valence-electron chi connectivity index (χ2n) is 3.97. The van der Waals surface area contributed by atoms with Crippen molar-refractivity contribution in [2.75, 3.05) is 13.1 Å². The molecule has 4 heteroatoms. The molecule has 1 amide bonds. The van der Waals surface area contributed by atoms with Crippen LogP contribution in [0.25, 0.3) is 0 Å². The number of ketones is 1. The molecule has 0 saturated carbocycles. The number of hydrogen-bond acceptors (Lipinski definition) is 2. The van der Waals surface area contributed by atoms with Gasteiger partial charge in [0.25, 0.3) is 0 Å². The molecule has 0 fully saturated rings. The summed E-state index contributed by atoms with van der Waals surface area (Å²) in [5.74, 6) is -0.0533. The molecule has 0 atom stereocenters. The monoisotopic (exact) mass is 303 g/mol. The number of rotatable bonds is 8. The summed E-state index contributed by atoms with van der Waals surface area (Å²) in [5.41, 5.74) is 0. The first-order valence-electron chi connectivity index (χ1n) is 5.89. The second kappa shape index (κ2) is 11.5.